The number of carbonyl (C=O) groups excluding carboxylic acids is 1. The molecule has 178 valence electrons. The highest BCUT2D eigenvalue weighted by Crippen LogP contribution is 2.43. The number of fused-ring (bicyclic) bond motifs is 2. The predicted octanol–water partition coefficient (Wildman–Crippen LogP) is 6.87. The van der Waals surface area contributed by atoms with Crippen LogP contribution in [0.5, 0.6) is 11.5 Å². The summed E-state index contributed by atoms with van der Waals surface area (Å²) in [5, 5.41) is 0.406. The van der Waals surface area contributed by atoms with Crippen LogP contribution in [0.15, 0.2) is 78.8 Å². The molecule has 1 aliphatic heterocycles. The van der Waals surface area contributed by atoms with Crippen LogP contribution >= 0.6 is 31.9 Å². The normalized spacial score (nSPS) is 14.9. The Balaban J connectivity index is 1.79. The zero-order valence-electron chi connectivity index (χ0n) is 19.0. The number of halogens is 2. The summed E-state index contributed by atoms with van der Waals surface area (Å²) in [6.45, 7) is 4.72. The van der Waals surface area contributed by atoms with Crippen LogP contribution in [0.25, 0.3) is 11.0 Å². The first-order chi connectivity index (χ1) is 16.9. The second-order valence-corrected chi connectivity index (χ2v) is 9.78. The van der Waals surface area contributed by atoms with Gasteiger partial charge in [-0.15, -0.1) is 0 Å². The van der Waals surface area contributed by atoms with Crippen molar-refractivity contribution in [1.29, 1.82) is 0 Å². The third-order valence-corrected chi connectivity index (χ3v) is 6.79. The summed E-state index contributed by atoms with van der Waals surface area (Å²) in [7, 11) is 0. The Bertz CT molecular complexity index is 1510. The van der Waals surface area contributed by atoms with Crippen LogP contribution in [0, 0.1) is 0 Å². The molecule has 1 atom stereocenters. The SMILES string of the molecule is CCOc1ccc(C2c3c(oc4ccc(Br)cc4c3=O)C(=O)N2c2cccc(Br)c2)cc1OCC. The van der Waals surface area contributed by atoms with Gasteiger partial charge in [-0.3, -0.25) is 14.5 Å². The fourth-order valence-corrected chi connectivity index (χ4v) is 5.14. The molecule has 3 aromatic carbocycles. The Kier molecular flexibility index (Phi) is 6.42. The van der Waals surface area contributed by atoms with Crippen molar-refractivity contribution >= 4 is 54.4 Å². The maximum absolute atomic E-state index is 13.8. The first kappa shape index (κ1) is 23.6. The lowest BCUT2D eigenvalue weighted by molar-refractivity contribution is 0.0971. The molecule has 2 heterocycles. The van der Waals surface area contributed by atoms with Gasteiger partial charge in [0, 0.05) is 14.6 Å². The molecule has 0 N–H and O–H groups in total. The molecule has 0 spiro atoms. The number of rotatable bonds is 6. The topological polar surface area (TPSA) is 69.0 Å². The molecular formula is C27H21Br2NO5. The minimum atomic E-state index is -0.707. The largest absolute Gasteiger partial charge is 0.490 e. The Morgan fingerprint density at radius 2 is 1.63 bits per heavy atom. The monoisotopic (exact) mass is 597 g/mol. The van der Waals surface area contributed by atoms with Crippen LogP contribution in [-0.4, -0.2) is 19.1 Å². The van der Waals surface area contributed by atoms with Crippen molar-refractivity contribution in [3.63, 3.8) is 0 Å². The summed E-state index contributed by atoms with van der Waals surface area (Å²) in [4.78, 5) is 29.1. The number of benzene rings is 3. The molecule has 1 aliphatic rings. The zero-order chi connectivity index (χ0) is 24.7. The molecule has 0 fully saturated rings. The molecule has 35 heavy (non-hydrogen) atoms. The van der Waals surface area contributed by atoms with Crippen LogP contribution in [-0.2, 0) is 0 Å². The van der Waals surface area contributed by atoms with Crippen molar-refractivity contribution in [2.24, 2.45) is 0 Å². The second-order valence-electron chi connectivity index (χ2n) is 7.94. The van der Waals surface area contributed by atoms with Gasteiger partial charge in [0.15, 0.2) is 16.9 Å². The molecule has 0 saturated heterocycles. The lowest BCUT2D eigenvalue weighted by Crippen LogP contribution is -2.29. The summed E-state index contributed by atoms with van der Waals surface area (Å²) in [5.74, 6) is 0.819. The van der Waals surface area contributed by atoms with Gasteiger partial charge >= 0.3 is 0 Å². The maximum Gasteiger partial charge on any atom is 0.295 e. The van der Waals surface area contributed by atoms with Gasteiger partial charge < -0.3 is 13.9 Å². The lowest BCUT2D eigenvalue weighted by atomic mass is 9.97. The van der Waals surface area contributed by atoms with Gasteiger partial charge in [0.25, 0.3) is 5.91 Å². The van der Waals surface area contributed by atoms with E-state index < -0.39 is 6.04 Å². The number of carbonyl (C=O) groups is 1. The Hall–Kier alpha value is -3.10. The van der Waals surface area contributed by atoms with Crippen molar-refractivity contribution < 1.29 is 18.7 Å². The van der Waals surface area contributed by atoms with E-state index in [1.807, 2.05) is 56.3 Å². The quantitative estimate of drug-likeness (QED) is 0.242. The van der Waals surface area contributed by atoms with E-state index in [1.54, 1.807) is 23.1 Å². The number of amides is 1. The molecule has 6 nitrogen and oxygen atoms in total. The number of hydrogen-bond acceptors (Lipinski definition) is 5. The first-order valence-electron chi connectivity index (χ1n) is 11.2. The van der Waals surface area contributed by atoms with E-state index in [2.05, 4.69) is 31.9 Å². The van der Waals surface area contributed by atoms with Gasteiger partial charge in [-0.05, 0) is 67.9 Å². The van der Waals surface area contributed by atoms with Gasteiger partial charge in [-0.1, -0.05) is 44.0 Å². The maximum atomic E-state index is 13.8. The van der Waals surface area contributed by atoms with Crippen molar-refractivity contribution in [2.75, 3.05) is 18.1 Å². The molecule has 0 aliphatic carbocycles. The zero-order valence-corrected chi connectivity index (χ0v) is 22.2. The molecule has 0 saturated carbocycles. The van der Waals surface area contributed by atoms with Gasteiger partial charge in [0.1, 0.15) is 5.58 Å². The number of hydrogen-bond donors (Lipinski definition) is 0. The smallest absolute Gasteiger partial charge is 0.295 e. The number of anilines is 1. The van der Waals surface area contributed by atoms with Crippen molar-refractivity contribution in [2.45, 2.75) is 19.9 Å². The van der Waals surface area contributed by atoms with Gasteiger partial charge in [0.2, 0.25) is 5.76 Å². The highest BCUT2D eigenvalue weighted by Gasteiger charge is 2.44. The van der Waals surface area contributed by atoms with E-state index in [9.17, 15) is 9.59 Å². The van der Waals surface area contributed by atoms with E-state index in [1.165, 1.54) is 0 Å². The third-order valence-electron chi connectivity index (χ3n) is 5.80. The van der Waals surface area contributed by atoms with Crippen LogP contribution in [0.4, 0.5) is 5.69 Å². The summed E-state index contributed by atoms with van der Waals surface area (Å²) in [6.07, 6.45) is 0. The Labute approximate surface area is 218 Å². The summed E-state index contributed by atoms with van der Waals surface area (Å²) in [5.41, 5.74) is 1.77. The van der Waals surface area contributed by atoms with Crippen molar-refractivity contribution in [1.82, 2.24) is 0 Å². The van der Waals surface area contributed by atoms with Crippen LogP contribution < -0.4 is 19.8 Å². The van der Waals surface area contributed by atoms with Crippen LogP contribution in [0.1, 0.15) is 41.6 Å². The molecule has 1 aromatic heterocycles. The van der Waals surface area contributed by atoms with E-state index >= 15 is 0 Å². The summed E-state index contributed by atoms with van der Waals surface area (Å²) < 4.78 is 19.2. The van der Waals surface area contributed by atoms with Crippen molar-refractivity contribution in [3.05, 3.63) is 96.7 Å². The van der Waals surface area contributed by atoms with E-state index in [0.29, 0.717) is 52.5 Å². The van der Waals surface area contributed by atoms with Gasteiger partial charge in [-0.2, -0.15) is 0 Å². The molecule has 5 rings (SSSR count). The van der Waals surface area contributed by atoms with Crippen LogP contribution in [0.3, 0.4) is 0 Å². The lowest BCUT2D eigenvalue weighted by Gasteiger charge is -2.26. The minimum absolute atomic E-state index is 0.0432. The fourth-order valence-electron chi connectivity index (χ4n) is 4.39. The van der Waals surface area contributed by atoms with Crippen molar-refractivity contribution in [3.8, 4) is 11.5 Å². The minimum Gasteiger partial charge on any atom is -0.490 e. The van der Waals surface area contributed by atoms with E-state index in [-0.39, 0.29) is 17.1 Å². The van der Waals surface area contributed by atoms with E-state index in [0.717, 1.165) is 8.95 Å². The Morgan fingerprint density at radius 1 is 0.886 bits per heavy atom. The Morgan fingerprint density at radius 3 is 2.37 bits per heavy atom. The summed E-state index contributed by atoms with van der Waals surface area (Å²) in [6, 6.07) is 17.4. The average molecular weight is 599 g/mol. The molecule has 0 radical (unpaired) electrons. The number of ether oxygens (including phenoxy) is 2. The molecule has 8 heteroatoms. The molecule has 4 aromatic rings. The molecular weight excluding hydrogens is 578 g/mol. The van der Waals surface area contributed by atoms with Gasteiger partial charge in [-0.25, -0.2) is 0 Å². The molecule has 1 unspecified atom stereocenters. The second kappa shape index (κ2) is 9.51. The standard InChI is InChI=1S/C27H21Br2NO5/c1-3-33-21-10-8-15(12-22(21)34-4-2)24-23-25(31)19-14-17(29)9-11-20(19)35-26(23)27(32)30(24)18-7-5-6-16(28)13-18/h5-14,24H,3-4H2,1-2H3. The highest BCUT2D eigenvalue weighted by atomic mass is 79.9. The number of nitrogens with zero attached hydrogens (tertiary/aromatic N) is 1. The predicted molar refractivity (Wildman–Crippen MR) is 142 cm³/mol. The molecule has 0 bridgehead atoms. The fraction of sp³-hybridized carbons (Fsp3) is 0.185. The highest BCUT2D eigenvalue weighted by molar-refractivity contribution is 9.10. The summed E-state index contributed by atoms with van der Waals surface area (Å²) >= 11 is 6.92. The van der Waals surface area contributed by atoms with Gasteiger partial charge in [0.05, 0.1) is 30.2 Å². The first-order valence-corrected chi connectivity index (χ1v) is 12.8. The van der Waals surface area contributed by atoms with E-state index in [4.69, 9.17) is 13.9 Å². The average Bonchev–Trinajstić information content (AvgIpc) is 3.13. The molecule has 1 amide bonds. The van der Waals surface area contributed by atoms with Crippen LogP contribution in [0.2, 0.25) is 0 Å². The third kappa shape index (κ3) is 4.15.